The number of rotatable bonds is 2. The Morgan fingerprint density at radius 1 is 1.10 bits per heavy atom. The molecule has 1 aromatic heterocycles. The Morgan fingerprint density at radius 2 is 1.90 bits per heavy atom. The van der Waals surface area contributed by atoms with Crippen LogP contribution in [0.15, 0.2) is 54.7 Å². The Balaban J connectivity index is 2.19. The average Bonchev–Trinajstić information content (AvgIpc) is 2.47. The number of pyridine rings is 1. The average molecular weight is 263 g/mol. The summed E-state index contributed by atoms with van der Waals surface area (Å²) in [6.45, 7) is 1.97. The predicted molar refractivity (Wildman–Crippen MR) is 78.9 cm³/mol. The van der Waals surface area contributed by atoms with E-state index in [9.17, 15) is 4.79 Å². The maximum Gasteiger partial charge on any atom is 0.335 e. The summed E-state index contributed by atoms with van der Waals surface area (Å²) in [5, 5.41) is 10.1. The van der Waals surface area contributed by atoms with E-state index in [0.717, 1.165) is 27.6 Å². The topological polar surface area (TPSA) is 50.2 Å². The molecule has 0 bridgehead atoms. The molecule has 0 aliphatic carbocycles. The molecule has 3 heteroatoms. The molecule has 20 heavy (non-hydrogen) atoms. The number of nitrogens with zero attached hydrogens (tertiary/aromatic N) is 1. The highest BCUT2D eigenvalue weighted by Crippen LogP contribution is 2.26. The number of carboxylic acids is 1. The summed E-state index contributed by atoms with van der Waals surface area (Å²) in [7, 11) is 0. The SMILES string of the molecule is Cc1ccc(C(=O)O)cc1-c1cnc2ccccc2c1. The number of carbonyl (C=O) groups is 1. The van der Waals surface area contributed by atoms with E-state index < -0.39 is 5.97 Å². The van der Waals surface area contributed by atoms with E-state index in [1.165, 1.54) is 0 Å². The minimum absolute atomic E-state index is 0.291. The van der Waals surface area contributed by atoms with Gasteiger partial charge in [-0.3, -0.25) is 4.98 Å². The molecule has 0 saturated heterocycles. The van der Waals surface area contributed by atoms with Crippen LogP contribution in [0.25, 0.3) is 22.0 Å². The van der Waals surface area contributed by atoms with Crippen LogP contribution in [0.5, 0.6) is 0 Å². The molecule has 1 N–H and O–H groups in total. The first kappa shape index (κ1) is 12.4. The highest BCUT2D eigenvalue weighted by molar-refractivity contribution is 5.91. The quantitative estimate of drug-likeness (QED) is 0.762. The number of hydrogen-bond donors (Lipinski definition) is 1. The summed E-state index contributed by atoms with van der Waals surface area (Å²) in [4.78, 5) is 15.5. The summed E-state index contributed by atoms with van der Waals surface area (Å²) in [5.74, 6) is -0.917. The molecule has 0 aliphatic heterocycles. The van der Waals surface area contributed by atoms with Gasteiger partial charge in [0.05, 0.1) is 11.1 Å². The van der Waals surface area contributed by atoms with Gasteiger partial charge >= 0.3 is 5.97 Å². The Bertz CT molecular complexity index is 809. The van der Waals surface area contributed by atoms with Crippen LogP contribution in [0, 0.1) is 6.92 Å². The number of aromatic nitrogens is 1. The van der Waals surface area contributed by atoms with Crippen molar-refractivity contribution in [1.82, 2.24) is 4.98 Å². The summed E-state index contributed by atoms with van der Waals surface area (Å²) >= 11 is 0. The van der Waals surface area contributed by atoms with Gasteiger partial charge in [0.2, 0.25) is 0 Å². The van der Waals surface area contributed by atoms with Crippen molar-refractivity contribution in [2.45, 2.75) is 6.92 Å². The molecule has 3 rings (SSSR count). The minimum atomic E-state index is -0.917. The monoisotopic (exact) mass is 263 g/mol. The number of fused-ring (bicyclic) bond motifs is 1. The normalized spacial score (nSPS) is 10.7. The van der Waals surface area contributed by atoms with Crippen LogP contribution in [0.2, 0.25) is 0 Å². The van der Waals surface area contributed by atoms with E-state index in [0.29, 0.717) is 5.56 Å². The maximum absolute atomic E-state index is 11.1. The third-order valence-corrected chi connectivity index (χ3v) is 3.39. The van der Waals surface area contributed by atoms with Gasteiger partial charge in [0.15, 0.2) is 0 Å². The fraction of sp³-hybridized carbons (Fsp3) is 0.0588. The summed E-state index contributed by atoms with van der Waals surface area (Å²) < 4.78 is 0. The van der Waals surface area contributed by atoms with E-state index in [-0.39, 0.29) is 0 Å². The zero-order valence-corrected chi connectivity index (χ0v) is 11.0. The Morgan fingerprint density at radius 3 is 2.70 bits per heavy atom. The molecule has 0 spiro atoms. The van der Waals surface area contributed by atoms with Gasteiger partial charge in [-0.1, -0.05) is 24.3 Å². The molecule has 0 saturated carbocycles. The van der Waals surface area contributed by atoms with Crippen LogP contribution in [-0.2, 0) is 0 Å². The molecule has 3 aromatic rings. The third kappa shape index (κ3) is 2.14. The zero-order chi connectivity index (χ0) is 14.1. The molecule has 0 atom stereocenters. The van der Waals surface area contributed by atoms with Crippen LogP contribution in [0.1, 0.15) is 15.9 Å². The predicted octanol–water partition coefficient (Wildman–Crippen LogP) is 3.91. The number of benzene rings is 2. The van der Waals surface area contributed by atoms with Crippen molar-refractivity contribution in [3.63, 3.8) is 0 Å². The number of carboxylic acid groups (broad SMARTS) is 1. The van der Waals surface area contributed by atoms with Crippen LogP contribution >= 0.6 is 0 Å². The van der Waals surface area contributed by atoms with E-state index in [1.807, 2.05) is 43.3 Å². The molecule has 3 nitrogen and oxygen atoms in total. The van der Waals surface area contributed by atoms with Crippen LogP contribution < -0.4 is 0 Å². The van der Waals surface area contributed by atoms with Crippen molar-refractivity contribution in [2.75, 3.05) is 0 Å². The van der Waals surface area contributed by atoms with Gasteiger partial charge < -0.3 is 5.11 Å². The first-order valence-corrected chi connectivity index (χ1v) is 6.34. The van der Waals surface area contributed by atoms with Crippen molar-refractivity contribution in [1.29, 1.82) is 0 Å². The maximum atomic E-state index is 11.1. The van der Waals surface area contributed by atoms with Gasteiger partial charge in [0.1, 0.15) is 0 Å². The fourth-order valence-electron chi connectivity index (χ4n) is 2.28. The lowest BCUT2D eigenvalue weighted by molar-refractivity contribution is 0.0697. The second-order valence-corrected chi connectivity index (χ2v) is 4.75. The smallest absolute Gasteiger partial charge is 0.335 e. The third-order valence-electron chi connectivity index (χ3n) is 3.39. The summed E-state index contributed by atoms with van der Waals surface area (Å²) in [5.41, 5.74) is 4.10. The van der Waals surface area contributed by atoms with Crippen molar-refractivity contribution in [3.8, 4) is 11.1 Å². The van der Waals surface area contributed by atoms with E-state index in [4.69, 9.17) is 5.11 Å². The number of aryl methyl sites for hydroxylation is 1. The standard InChI is InChI=1S/C17H13NO2/c1-11-6-7-13(17(19)20)9-15(11)14-8-12-4-2-3-5-16(12)18-10-14/h2-10H,1H3,(H,19,20). The Labute approximate surface area is 116 Å². The van der Waals surface area contributed by atoms with Crippen molar-refractivity contribution < 1.29 is 9.90 Å². The minimum Gasteiger partial charge on any atom is -0.478 e. The van der Waals surface area contributed by atoms with Gasteiger partial charge in [0.25, 0.3) is 0 Å². The highest BCUT2D eigenvalue weighted by Gasteiger charge is 2.08. The molecule has 98 valence electrons. The fourth-order valence-corrected chi connectivity index (χ4v) is 2.28. The largest absolute Gasteiger partial charge is 0.478 e. The first-order chi connectivity index (χ1) is 9.65. The second kappa shape index (κ2) is 4.78. The Kier molecular flexibility index (Phi) is 2.95. The van der Waals surface area contributed by atoms with Crippen LogP contribution in [0.4, 0.5) is 0 Å². The lowest BCUT2D eigenvalue weighted by Crippen LogP contribution is -1.97. The number of hydrogen-bond acceptors (Lipinski definition) is 2. The van der Waals surface area contributed by atoms with Crippen molar-refractivity contribution in [3.05, 3.63) is 65.9 Å². The van der Waals surface area contributed by atoms with Gasteiger partial charge in [0, 0.05) is 17.1 Å². The van der Waals surface area contributed by atoms with Gasteiger partial charge in [-0.05, 0) is 42.3 Å². The Hall–Kier alpha value is -2.68. The molecule has 2 aromatic carbocycles. The van der Waals surface area contributed by atoms with Crippen molar-refractivity contribution in [2.24, 2.45) is 0 Å². The highest BCUT2D eigenvalue weighted by atomic mass is 16.4. The van der Waals surface area contributed by atoms with E-state index in [1.54, 1.807) is 18.3 Å². The van der Waals surface area contributed by atoms with Gasteiger partial charge in [-0.25, -0.2) is 4.79 Å². The van der Waals surface area contributed by atoms with Crippen LogP contribution in [0.3, 0.4) is 0 Å². The van der Waals surface area contributed by atoms with Gasteiger partial charge in [-0.15, -0.1) is 0 Å². The molecule has 0 fully saturated rings. The molecule has 0 aliphatic rings. The molecule has 0 radical (unpaired) electrons. The van der Waals surface area contributed by atoms with E-state index >= 15 is 0 Å². The number of para-hydroxylation sites is 1. The van der Waals surface area contributed by atoms with Crippen LogP contribution in [-0.4, -0.2) is 16.1 Å². The molecule has 0 amide bonds. The summed E-state index contributed by atoms with van der Waals surface area (Å²) in [6.07, 6.45) is 1.79. The second-order valence-electron chi connectivity index (χ2n) is 4.75. The molecular formula is C17H13NO2. The van der Waals surface area contributed by atoms with Crippen molar-refractivity contribution >= 4 is 16.9 Å². The first-order valence-electron chi connectivity index (χ1n) is 6.34. The number of aromatic carboxylic acids is 1. The molecule has 0 unspecified atom stereocenters. The molecular weight excluding hydrogens is 250 g/mol. The van der Waals surface area contributed by atoms with Gasteiger partial charge in [-0.2, -0.15) is 0 Å². The lowest BCUT2D eigenvalue weighted by Gasteiger charge is -2.08. The summed E-state index contributed by atoms with van der Waals surface area (Å²) in [6, 6.07) is 15.1. The zero-order valence-electron chi connectivity index (χ0n) is 11.0. The molecule has 1 heterocycles. The lowest BCUT2D eigenvalue weighted by atomic mass is 9.98. The van der Waals surface area contributed by atoms with E-state index in [2.05, 4.69) is 4.98 Å².